The average Bonchev–Trinajstić information content (AvgIpc) is 2.80. The zero-order valence-electron chi connectivity index (χ0n) is 27.3. The lowest BCUT2D eigenvalue weighted by molar-refractivity contribution is 0.194. The minimum atomic E-state index is -2.99. The zero-order valence-corrected chi connectivity index (χ0v) is 17.0. The van der Waals surface area contributed by atoms with Gasteiger partial charge in [0.25, 0.3) is 0 Å². The Morgan fingerprint density at radius 1 is 1.29 bits per heavy atom. The Balaban J connectivity index is 1.74. The van der Waals surface area contributed by atoms with E-state index in [1.54, 1.807) is 13.0 Å². The Labute approximate surface area is 190 Å². The van der Waals surface area contributed by atoms with Gasteiger partial charge < -0.3 is 15.1 Å². The second kappa shape index (κ2) is 9.84. The Hall–Kier alpha value is -1.46. The van der Waals surface area contributed by atoms with E-state index in [9.17, 15) is 4.79 Å². The van der Waals surface area contributed by atoms with Crippen molar-refractivity contribution in [2.75, 3.05) is 51.5 Å². The highest BCUT2D eigenvalue weighted by atomic mass is 35.5. The number of benzene rings is 1. The van der Waals surface area contributed by atoms with Crippen molar-refractivity contribution in [1.82, 2.24) is 15.1 Å². The van der Waals surface area contributed by atoms with Crippen molar-refractivity contribution in [2.45, 2.75) is 45.1 Å². The van der Waals surface area contributed by atoms with Crippen molar-refractivity contribution < 1.29 is 19.9 Å². The fourth-order valence-corrected chi connectivity index (χ4v) is 3.70. The third kappa shape index (κ3) is 5.54. The topological polar surface area (TPSA) is 38.8 Å². The van der Waals surface area contributed by atoms with Crippen LogP contribution in [0.2, 0.25) is 5.02 Å². The number of carbonyl (C=O) groups excluding carboxylic acids is 1. The van der Waals surface area contributed by atoms with Gasteiger partial charge in [0.2, 0.25) is 0 Å². The Morgan fingerprint density at radius 3 is 2.68 bits per heavy atom. The molecule has 1 N–H and O–H groups in total. The molecular formula is C22H35ClN4O. The maximum atomic E-state index is 12.2. The lowest BCUT2D eigenvalue weighted by Crippen LogP contribution is -2.47. The molecule has 156 valence electrons. The summed E-state index contributed by atoms with van der Waals surface area (Å²) in [6, 6.07) is 3.58. The van der Waals surface area contributed by atoms with E-state index in [-0.39, 0.29) is 35.6 Å². The second-order valence-corrected chi connectivity index (χ2v) is 7.74. The molecule has 2 aliphatic rings. The first-order valence-corrected chi connectivity index (χ1v) is 9.92. The van der Waals surface area contributed by atoms with E-state index in [0.717, 1.165) is 0 Å². The first-order chi connectivity index (χ1) is 17.7. The summed E-state index contributed by atoms with van der Waals surface area (Å²) < 4.78 is 91.4. The summed E-state index contributed by atoms with van der Waals surface area (Å²) in [7, 11) is 1.19. The summed E-state index contributed by atoms with van der Waals surface area (Å²) in [5.41, 5.74) is 0.379. The van der Waals surface area contributed by atoms with Gasteiger partial charge in [-0.1, -0.05) is 23.7 Å². The molecule has 28 heavy (non-hydrogen) atoms. The molecule has 1 aromatic rings. The highest BCUT2D eigenvalue weighted by Gasteiger charge is 2.24. The number of nitrogens with one attached hydrogen (secondary N) is 1. The molecule has 1 aromatic carbocycles. The molecule has 1 heterocycles. The van der Waals surface area contributed by atoms with Crippen molar-refractivity contribution >= 4 is 23.3 Å². The van der Waals surface area contributed by atoms with Crippen LogP contribution < -0.4 is 10.2 Å². The van der Waals surface area contributed by atoms with Crippen molar-refractivity contribution in [3.8, 4) is 0 Å². The molecule has 3 rings (SSSR count). The lowest BCUT2D eigenvalue weighted by atomic mass is 9.84. The molecule has 1 aliphatic carbocycles. The van der Waals surface area contributed by atoms with Crippen molar-refractivity contribution in [1.29, 1.82) is 0 Å². The summed E-state index contributed by atoms with van der Waals surface area (Å²) in [6.07, 6.45) is 2.59. The van der Waals surface area contributed by atoms with Crippen LogP contribution in [0.3, 0.4) is 0 Å². The summed E-state index contributed by atoms with van der Waals surface area (Å²) in [5, 5.41) is 2.72. The number of hydrogen-bond acceptors (Lipinski definition) is 3. The van der Waals surface area contributed by atoms with Gasteiger partial charge >= 0.3 is 6.03 Å². The summed E-state index contributed by atoms with van der Waals surface area (Å²) in [5.74, 6) is 0.00563. The quantitative estimate of drug-likeness (QED) is 0.787. The van der Waals surface area contributed by atoms with Gasteiger partial charge in [0.05, 0.1) is 16.2 Å². The van der Waals surface area contributed by atoms with Crippen LogP contribution in [0.25, 0.3) is 0 Å². The maximum absolute atomic E-state index is 12.2. The van der Waals surface area contributed by atoms with Crippen LogP contribution >= 0.6 is 11.6 Å². The minimum absolute atomic E-state index is 0.00563. The average molecular weight is 418 g/mol. The van der Waals surface area contributed by atoms with Crippen LogP contribution in [0, 0.1) is 12.8 Å². The van der Waals surface area contributed by atoms with Gasteiger partial charge in [-0.2, -0.15) is 0 Å². The van der Waals surface area contributed by atoms with E-state index >= 15 is 0 Å². The largest absolute Gasteiger partial charge is 0.368 e. The predicted molar refractivity (Wildman–Crippen MR) is 117 cm³/mol. The van der Waals surface area contributed by atoms with Crippen molar-refractivity contribution in [2.24, 2.45) is 5.92 Å². The van der Waals surface area contributed by atoms with E-state index in [1.807, 2.05) is 0 Å². The van der Waals surface area contributed by atoms with Crippen LogP contribution in [0.1, 0.15) is 52.7 Å². The smallest absolute Gasteiger partial charge is 0.317 e. The number of hydrogen-bond donors (Lipinski definition) is 1. The maximum Gasteiger partial charge on any atom is 0.317 e. The van der Waals surface area contributed by atoms with Crippen LogP contribution in [-0.2, 0) is 0 Å². The van der Waals surface area contributed by atoms with Crippen molar-refractivity contribution in [3.05, 3.63) is 28.8 Å². The summed E-state index contributed by atoms with van der Waals surface area (Å²) >= 11 is 6.36. The van der Waals surface area contributed by atoms with Gasteiger partial charge in [-0.25, -0.2) is 4.79 Å². The van der Waals surface area contributed by atoms with Gasteiger partial charge in [-0.15, -0.1) is 0 Å². The molecule has 0 atom stereocenters. The Kier molecular flexibility index (Phi) is 3.89. The molecular weight excluding hydrogens is 372 g/mol. The SMILES string of the molecule is [2H]C([2H])([2H])N(C)C(=O)N[C@H]1CC[C@H](CCN2C([2H])([2H])C([2H])([2H])N(c3cccc(C)c3Cl)C([2H])([2H])C2([2H])[2H])CC1. The second-order valence-electron chi connectivity index (χ2n) is 7.36. The highest BCUT2D eigenvalue weighted by Crippen LogP contribution is 2.30. The highest BCUT2D eigenvalue weighted by molar-refractivity contribution is 6.34. The predicted octanol–water partition coefficient (Wildman–Crippen LogP) is 3.99. The summed E-state index contributed by atoms with van der Waals surface area (Å²) in [6.45, 7) is -13.0. The third-order valence-electron chi connectivity index (χ3n) is 5.25. The number of carbonyl (C=O) groups is 1. The zero-order chi connectivity index (χ0) is 29.8. The number of anilines is 1. The number of halogens is 1. The first-order valence-electron chi connectivity index (χ1n) is 15.0. The molecule has 0 radical (unpaired) electrons. The molecule has 1 saturated carbocycles. The van der Waals surface area contributed by atoms with E-state index in [2.05, 4.69) is 5.32 Å². The molecule has 0 spiro atoms. The number of nitrogens with zero attached hydrogens (tertiary/aromatic N) is 3. The molecule has 6 heteroatoms. The van der Waals surface area contributed by atoms with Gasteiger partial charge in [0, 0.05) is 55.6 Å². The van der Waals surface area contributed by atoms with Crippen molar-refractivity contribution in [3.63, 3.8) is 0 Å². The standard InChI is InChI=1S/C22H35ClN4O/c1-17-5-4-6-20(21(17)23)27-15-13-26(14-16-27)12-11-18-7-9-19(10-8-18)24-22(28)25(2)3/h4-6,18-19H,7-16H2,1-3H3,(H,24,28)/t18-,19-/i2D3,13D2,14D2,15D2,16D2. The number of piperazine rings is 1. The van der Waals surface area contributed by atoms with Gasteiger partial charge in [-0.3, -0.25) is 4.90 Å². The van der Waals surface area contributed by atoms with Crippen LogP contribution in [0.5, 0.6) is 0 Å². The molecule has 0 aromatic heterocycles. The monoisotopic (exact) mass is 417 g/mol. The fourth-order valence-electron chi connectivity index (χ4n) is 3.49. The number of amides is 2. The fraction of sp³-hybridized carbons (Fsp3) is 0.682. The molecule has 0 unspecified atom stereocenters. The van der Waals surface area contributed by atoms with Gasteiger partial charge in [-0.05, 0) is 63.1 Å². The van der Waals surface area contributed by atoms with E-state index in [0.29, 0.717) is 45.9 Å². The molecule has 2 amide bonds. The van der Waals surface area contributed by atoms with E-state index in [4.69, 9.17) is 26.7 Å². The van der Waals surface area contributed by atoms with Crippen LogP contribution in [0.15, 0.2) is 18.2 Å². The third-order valence-corrected chi connectivity index (χ3v) is 5.74. The van der Waals surface area contributed by atoms with E-state index < -0.39 is 39.0 Å². The number of urea groups is 1. The molecule has 0 bridgehead atoms. The lowest BCUT2D eigenvalue weighted by Gasteiger charge is -2.37. The minimum Gasteiger partial charge on any atom is -0.368 e. The molecule has 5 nitrogen and oxygen atoms in total. The Bertz CT molecular complexity index is 1030. The van der Waals surface area contributed by atoms with Gasteiger partial charge in [0.15, 0.2) is 0 Å². The normalized spacial score (nSPS) is 37.0. The van der Waals surface area contributed by atoms with Crippen LogP contribution in [-0.4, -0.2) is 68.4 Å². The molecule has 1 saturated heterocycles. The molecule has 1 aliphatic heterocycles. The number of rotatable bonds is 5. The molecule has 2 fully saturated rings. The van der Waals surface area contributed by atoms with Crippen LogP contribution in [0.4, 0.5) is 10.5 Å². The Morgan fingerprint density at radius 2 is 2.00 bits per heavy atom. The van der Waals surface area contributed by atoms with Gasteiger partial charge in [0.1, 0.15) is 0 Å². The summed E-state index contributed by atoms with van der Waals surface area (Å²) in [4.78, 5) is 14.0. The first kappa shape index (κ1) is 11.1. The number of aryl methyl sites for hydroxylation is 1. The van der Waals surface area contributed by atoms with E-state index in [1.165, 1.54) is 19.2 Å².